The van der Waals surface area contributed by atoms with Gasteiger partial charge in [0.05, 0.1) is 17.3 Å². The molecule has 0 fully saturated rings. The van der Waals surface area contributed by atoms with Crippen molar-refractivity contribution in [2.75, 3.05) is 11.9 Å². The molecule has 2 aromatic rings. The highest BCUT2D eigenvalue weighted by molar-refractivity contribution is 6.32. The van der Waals surface area contributed by atoms with E-state index in [1.165, 1.54) is 12.1 Å². The van der Waals surface area contributed by atoms with E-state index in [2.05, 4.69) is 5.32 Å². The molecule has 0 aromatic heterocycles. The minimum atomic E-state index is -0.884. The number of hydrogen-bond donors (Lipinski definition) is 1. The first kappa shape index (κ1) is 12.2. The van der Waals surface area contributed by atoms with E-state index in [9.17, 15) is 8.78 Å². The van der Waals surface area contributed by atoms with Gasteiger partial charge in [-0.3, -0.25) is 0 Å². The van der Waals surface area contributed by atoms with Crippen LogP contribution in [0.1, 0.15) is 11.7 Å². The summed E-state index contributed by atoms with van der Waals surface area (Å²) < 4.78 is 32.7. The van der Waals surface area contributed by atoms with Crippen molar-refractivity contribution in [2.24, 2.45) is 0 Å². The van der Waals surface area contributed by atoms with Crippen LogP contribution in [0.4, 0.5) is 14.5 Å². The Balaban J connectivity index is 1.98. The lowest BCUT2D eigenvalue weighted by Crippen LogP contribution is -2.24. The molecule has 5 heteroatoms. The Morgan fingerprint density at radius 2 is 1.95 bits per heavy atom. The van der Waals surface area contributed by atoms with Crippen LogP contribution in [0, 0.1) is 11.6 Å². The van der Waals surface area contributed by atoms with Crippen LogP contribution >= 0.6 is 11.6 Å². The van der Waals surface area contributed by atoms with Gasteiger partial charge in [-0.05, 0) is 18.2 Å². The van der Waals surface area contributed by atoms with Crippen LogP contribution in [0.3, 0.4) is 0 Å². The molecule has 1 aliphatic rings. The molecular formula is C14H10ClF2NO. The SMILES string of the molecule is Fc1cccc(C2CNc3cccc(Cl)c3O2)c1F. The van der Waals surface area contributed by atoms with Gasteiger partial charge in [0.2, 0.25) is 0 Å². The molecule has 1 N–H and O–H groups in total. The molecular weight excluding hydrogens is 272 g/mol. The zero-order chi connectivity index (χ0) is 13.4. The molecule has 3 rings (SSSR count). The second-order valence-corrected chi connectivity index (χ2v) is 4.65. The van der Waals surface area contributed by atoms with Gasteiger partial charge in [-0.15, -0.1) is 0 Å². The van der Waals surface area contributed by atoms with Crippen molar-refractivity contribution in [3.63, 3.8) is 0 Å². The molecule has 0 saturated heterocycles. The van der Waals surface area contributed by atoms with Crippen molar-refractivity contribution >= 4 is 17.3 Å². The Hall–Kier alpha value is -1.81. The van der Waals surface area contributed by atoms with Gasteiger partial charge in [0.1, 0.15) is 6.10 Å². The maximum atomic E-state index is 13.7. The Labute approximate surface area is 114 Å². The van der Waals surface area contributed by atoms with Gasteiger partial charge in [-0.25, -0.2) is 8.78 Å². The minimum absolute atomic E-state index is 0.179. The second kappa shape index (κ2) is 4.70. The van der Waals surface area contributed by atoms with Crippen molar-refractivity contribution in [2.45, 2.75) is 6.10 Å². The average Bonchev–Trinajstić information content (AvgIpc) is 2.42. The van der Waals surface area contributed by atoms with Crippen molar-refractivity contribution in [1.29, 1.82) is 0 Å². The van der Waals surface area contributed by atoms with E-state index in [0.717, 1.165) is 11.8 Å². The third-order valence-electron chi connectivity index (χ3n) is 3.03. The first-order valence-electron chi connectivity index (χ1n) is 5.80. The molecule has 0 amide bonds. The van der Waals surface area contributed by atoms with Crippen LogP contribution in [0.15, 0.2) is 36.4 Å². The van der Waals surface area contributed by atoms with Crippen LogP contribution in [0.5, 0.6) is 5.75 Å². The Morgan fingerprint density at radius 3 is 2.79 bits per heavy atom. The molecule has 1 atom stereocenters. The molecule has 19 heavy (non-hydrogen) atoms. The normalized spacial score (nSPS) is 17.3. The van der Waals surface area contributed by atoms with Gasteiger partial charge >= 0.3 is 0 Å². The number of nitrogens with one attached hydrogen (secondary N) is 1. The highest BCUT2D eigenvalue weighted by Gasteiger charge is 2.26. The molecule has 1 aliphatic heterocycles. The molecule has 2 nitrogen and oxygen atoms in total. The third-order valence-corrected chi connectivity index (χ3v) is 3.33. The topological polar surface area (TPSA) is 21.3 Å². The van der Waals surface area contributed by atoms with Crippen molar-refractivity contribution in [3.05, 3.63) is 58.6 Å². The lowest BCUT2D eigenvalue weighted by molar-refractivity contribution is 0.204. The van der Waals surface area contributed by atoms with Crippen molar-refractivity contribution in [1.82, 2.24) is 0 Å². The Morgan fingerprint density at radius 1 is 1.16 bits per heavy atom. The van der Waals surface area contributed by atoms with Crippen LogP contribution in [0.2, 0.25) is 5.02 Å². The van der Waals surface area contributed by atoms with Gasteiger partial charge in [0, 0.05) is 5.56 Å². The summed E-state index contributed by atoms with van der Waals surface area (Å²) in [6.45, 7) is 0.355. The van der Waals surface area contributed by atoms with Gasteiger partial charge in [-0.1, -0.05) is 29.8 Å². The number of anilines is 1. The van der Waals surface area contributed by atoms with E-state index in [1.54, 1.807) is 12.1 Å². The molecule has 0 aliphatic carbocycles. The number of para-hydroxylation sites is 1. The predicted molar refractivity (Wildman–Crippen MR) is 69.7 cm³/mol. The minimum Gasteiger partial charge on any atom is -0.480 e. The first-order valence-corrected chi connectivity index (χ1v) is 6.17. The maximum Gasteiger partial charge on any atom is 0.165 e. The summed E-state index contributed by atoms with van der Waals surface area (Å²) in [5, 5.41) is 3.54. The van der Waals surface area contributed by atoms with E-state index in [0.29, 0.717) is 17.3 Å². The van der Waals surface area contributed by atoms with Crippen LogP contribution < -0.4 is 10.1 Å². The number of halogens is 3. The number of ether oxygens (including phenoxy) is 1. The highest BCUT2D eigenvalue weighted by atomic mass is 35.5. The van der Waals surface area contributed by atoms with Crippen molar-refractivity contribution in [3.8, 4) is 5.75 Å². The summed E-state index contributed by atoms with van der Waals surface area (Å²) >= 11 is 6.03. The van der Waals surface area contributed by atoms with E-state index >= 15 is 0 Å². The summed E-state index contributed by atoms with van der Waals surface area (Å²) in [5.74, 6) is -1.31. The Kier molecular flexibility index (Phi) is 3.03. The highest BCUT2D eigenvalue weighted by Crippen LogP contribution is 2.40. The maximum absolute atomic E-state index is 13.7. The fourth-order valence-corrected chi connectivity index (χ4v) is 2.32. The molecule has 0 bridgehead atoms. The molecule has 1 heterocycles. The first-order chi connectivity index (χ1) is 9.16. The molecule has 0 spiro atoms. The zero-order valence-corrected chi connectivity index (χ0v) is 10.5. The lowest BCUT2D eigenvalue weighted by Gasteiger charge is -2.28. The Bertz CT molecular complexity index is 633. The molecule has 98 valence electrons. The summed E-state index contributed by atoms with van der Waals surface area (Å²) in [5.41, 5.74) is 0.929. The van der Waals surface area contributed by atoms with E-state index in [1.807, 2.05) is 6.07 Å². The fraction of sp³-hybridized carbons (Fsp3) is 0.143. The largest absolute Gasteiger partial charge is 0.480 e. The van der Waals surface area contributed by atoms with E-state index in [4.69, 9.17) is 16.3 Å². The van der Waals surface area contributed by atoms with Gasteiger partial charge in [-0.2, -0.15) is 0 Å². The monoisotopic (exact) mass is 281 g/mol. The predicted octanol–water partition coefficient (Wildman–Crippen LogP) is 4.16. The average molecular weight is 282 g/mol. The lowest BCUT2D eigenvalue weighted by atomic mass is 10.1. The van der Waals surface area contributed by atoms with Gasteiger partial charge in [0.15, 0.2) is 17.4 Å². The van der Waals surface area contributed by atoms with E-state index in [-0.39, 0.29) is 5.56 Å². The number of fused-ring (bicyclic) bond motifs is 1. The summed E-state index contributed by atoms with van der Waals surface area (Å²) in [7, 11) is 0. The van der Waals surface area contributed by atoms with Gasteiger partial charge in [0.25, 0.3) is 0 Å². The number of benzene rings is 2. The number of hydrogen-bond acceptors (Lipinski definition) is 2. The number of rotatable bonds is 1. The molecule has 0 radical (unpaired) electrons. The molecule has 2 aromatic carbocycles. The second-order valence-electron chi connectivity index (χ2n) is 4.25. The molecule has 0 saturated carbocycles. The van der Waals surface area contributed by atoms with Crippen LogP contribution in [0.25, 0.3) is 0 Å². The summed E-state index contributed by atoms with van der Waals surface area (Å²) in [4.78, 5) is 0. The van der Waals surface area contributed by atoms with Crippen LogP contribution in [-0.4, -0.2) is 6.54 Å². The van der Waals surface area contributed by atoms with Crippen LogP contribution in [-0.2, 0) is 0 Å². The standard InChI is InChI=1S/C14H10ClF2NO/c15-9-4-2-6-11-14(9)19-12(7-18-11)8-3-1-5-10(16)13(8)17/h1-6,12,18H,7H2. The zero-order valence-electron chi connectivity index (χ0n) is 9.79. The van der Waals surface area contributed by atoms with Gasteiger partial charge < -0.3 is 10.1 Å². The molecule has 1 unspecified atom stereocenters. The van der Waals surface area contributed by atoms with E-state index < -0.39 is 17.7 Å². The van der Waals surface area contributed by atoms with Crippen molar-refractivity contribution < 1.29 is 13.5 Å². The smallest absolute Gasteiger partial charge is 0.165 e. The fourth-order valence-electron chi connectivity index (χ4n) is 2.10. The quantitative estimate of drug-likeness (QED) is 0.847. The third kappa shape index (κ3) is 2.12. The summed E-state index contributed by atoms with van der Waals surface area (Å²) in [6.07, 6.45) is -0.608. The summed E-state index contributed by atoms with van der Waals surface area (Å²) in [6, 6.07) is 9.34.